The lowest BCUT2D eigenvalue weighted by molar-refractivity contribution is -0.124. The van der Waals surface area contributed by atoms with Crippen molar-refractivity contribution in [2.75, 3.05) is 13.2 Å². The zero-order valence-corrected chi connectivity index (χ0v) is 14.9. The van der Waals surface area contributed by atoms with Crippen LogP contribution in [0.25, 0.3) is 0 Å². The van der Waals surface area contributed by atoms with Gasteiger partial charge in [-0.15, -0.1) is 6.58 Å². The second kappa shape index (κ2) is 7.16. The van der Waals surface area contributed by atoms with Crippen LogP contribution in [0.15, 0.2) is 64.9 Å². The quantitative estimate of drug-likeness (QED) is 0.527. The molecule has 0 unspecified atom stereocenters. The Morgan fingerprint density at radius 2 is 1.78 bits per heavy atom. The van der Waals surface area contributed by atoms with Gasteiger partial charge in [0.05, 0.1) is 15.4 Å². The molecular formula is C19H15NO6S. The monoisotopic (exact) mass is 385 g/mol. The molecule has 0 saturated carbocycles. The lowest BCUT2D eigenvalue weighted by atomic mass is 10.0. The van der Waals surface area contributed by atoms with Gasteiger partial charge < -0.3 is 10.1 Å². The van der Waals surface area contributed by atoms with Crippen LogP contribution in [0.4, 0.5) is 0 Å². The molecule has 8 heteroatoms. The van der Waals surface area contributed by atoms with Crippen molar-refractivity contribution in [3.63, 3.8) is 0 Å². The Hall–Kier alpha value is -3.26. The van der Waals surface area contributed by atoms with Crippen molar-refractivity contribution in [2.24, 2.45) is 0 Å². The molecule has 1 aliphatic rings. The molecule has 1 amide bonds. The number of sulfone groups is 1. The van der Waals surface area contributed by atoms with Gasteiger partial charge in [0.15, 0.2) is 12.4 Å². The largest absolute Gasteiger partial charge is 0.452 e. The molecule has 0 fully saturated rings. The predicted molar refractivity (Wildman–Crippen MR) is 95.3 cm³/mol. The summed E-state index contributed by atoms with van der Waals surface area (Å²) in [6.07, 6.45) is 1.48. The number of carbonyl (C=O) groups is 3. The summed E-state index contributed by atoms with van der Waals surface area (Å²) in [5.41, 5.74) is 0.0224. The summed E-state index contributed by atoms with van der Waals surface area (Å²) in [6, 6.07) is 9.57. The Kier molecular flexibility index (Phi) is 4.91. The van der Waals surface area contributed by atoms with E-state index in [0.717, 1.165) is 6.07 Å². The van der Waals surface area contributed by atoms with Crippen LogP contribution < -0.4 is 5.32 Å². The first-order valence-corrected chi connectivity index (χ1v) is 9.42. The number of hydrogen-bond acceptors (Lipinski definition) is 6. The van der Waals surface area contributed by atoms with Crippen LogP contribution in [-0.4, -0.2) is 39.2 Å². The fraction of sp³-hybridized carbons (Fsp3) is 0.105. The van der Waals surface area contributed by atoms with Crippen molar-refractivity contribution in [3.05, 3.63) is 71.8 Å². The smallest absolute Gasteiger partial charge is 0.338 e. The predicted octanol–water partition coefficient (Wildman–Crippen LogP) is 1.52. The Morgan fingerprint density at radius 1 is 1.07 bits per heavy atom. The first-order chi connectivity index (χ1) is 12.9. The van der Waals surface area contributed by atoms with Crippen LogP contribution in [0.1, 0.15) is 26.3 Å². The molecular weight excluding hydrogens is 370 g/mol. The lowest BCUT2D eigenvalue weighted by Crippen LogP contribution is -2.28. The Bertz CT molecular complexity index is 1070. The molecule has 27 heavy (non-hydrogen) atoms. The summed E-state index contributed by atoms with van der Waals surface area (Å²) < 4.78 is 30.5. The topological polar surface area (TPSA) is 107 Å². The highest BCUT2D eigenvalue weighted by atomic mass is 32.2. The van der Waals surface area contributed by atoms with Gasteiger partial charge in [0.25, 0.3) is 5.91 Å². The normalized spacial score (nSPS) is 13.9. The number of rotatable bonds is 5. The maximum absolute atomic E-state index is 12.8. The summed E-state index contributed by atoms with van der Waals surface area (Å²) >= 11 is 0. The molecule has 1 aliphatic heterocycles. The molecule has 0 bridgehead atoms. The van der Waals surface area contributed by atoms with Crippen LogP contribution >= 0.6 is 0 Å². The van der Waals surface area contributed by atoms with Crippen molar-refractivity contribution < 1.29 is 27.5 Å². The maximum atomic E-state index is 12.8. The molecule has 0 saturated heterocycles. The third kappa shape index (κ3) is 3.39. The number of benzene rings is 2. The summed E-state index contributed by atoms with van der Waals surface area (Å²) in [4.78, 5) is 35.8. The number of carbonyl (C=O) groups excluding carboxylic acids is 3. The Labute approximate surface area is 155 Å². The van der Waals surface area contributed by atoms with E-state index in [1.165, 1.54) is 36.4 Å². The second-order valence-corrected chi connectivity index (χ2v) is 7.60. The van der Waals surface area contributed by atoms with Crippen molar-refractivity contribution in [2.45, 2.75) is 9.79 Å². The maximum Gasteiger partial charge on any atom is 0.338 e. The minimum atomic E-state index is -3.95. The van der Waals surface area contributed by atoms with Crippen molar-refractivity contribution in [1.82, 2.24) is 5.32 Å². The van der Waals surface area contributed by atoms with E-state index in [4.69, 9.17) is 4.74 Å². The highest BCUT2D eigenvalue weighted by molar-refractivity contribution is 7.91. The molecule has 0 radical (unpaired) electrons. The van der Waals surface area contributed by atoms with E-state index in [1.807, 2.05) is 0 Å². The molecule has 0 spiro atoms. The second-order valence-electron chi connectivity index (χ2n) is 5.71. The number of fused-ring (bicyclic) bond motifs is 2. The third-order valence-electron chi connectivity index (χ3n) is 3.95. The van der Waals surface area contributed by atoms with Gasteiger partial charge >= 0.3 is 5.97 Å². The summed E-state index contributed by atoms with van der Waals surface area (Å²) in [7, 11) is -3.95. The first kappa shape index (κ1) is 18.5. The third-order valence-corrected chi connectivity index (χ3v) is 5.80. The van der Waals surface area contributed by atoms with E-state index in [2.05, 4.69) is 11.9 Å². The van der Waals surface area contributed by atoms with Crippen molar-refractivity contribution >= 4 is 27.5 Å². The van der Waals surface area contributed by atoms with E-state index >= 15 is 0 Å². The summed E-state index contributed by atoms with van der Waals surface area (Å²) in [5, 5.41) is 2.44. The van der Waals surface area contributed by atoms with E-state index in [9.17, 15) is 22.8 Å². The molecule has 2 aromatic carbocycles. The SMILES string of the molecule is C=CCNC(=O)COC(=O)c1ccc2c(c1)S(=O)(=O)c1ccccc1C2=O. The van der Waals surface area contributed by atoms with Gasteiger partial charge in [-0.05, 0) is 30.3 Å². The fourth-order valence-corrected chi connectivity index (χ4v) is 4.34. The number of ether oxygens (including phenoxy) is 1. The molecule has 0 atom stereocenters. The van der Waals surface area contributed by atoms with Gasteiger partial charge in [-0.2, -0.15) is 0 Å². The number of hydrogen-bond donors (Lipinski definition) is 1. The van der Waals surface area contributed by atoms with E-state index < -0.39 is 34.1 Å². The van der Waals surface area contributed by atoms with E-state index in [0.29, 0.717) is 0 Å². The van der Waals surface area contributed by atoms with Crippen LogP contribution in [0.5, 0.6) is 0 Å². The Balaban J connectivity index is 1.90. The van der Waals surface area contributed by atoms with Crippen LogP contribution in [0.2, 0.25) is 0 Å². The van der Waals surface area contributed by atoms with Crippen molar-refractivity contribution in [3.8, 4) is 0 Å². The van der Waals surface area contributed by atoms with Crippen LogP contribution in [0.3, 0.4) is 0 Å². The molecule has 0 aromatic heterocycles. The number of ketones is 1. The average Bonchev–Trinajstić information content (AvgIpc) is 2.68. The standard InChI is InChI=1S/C19H15NO6S/c1-2-9-20-17(21)11-26-19(23)12-7-8-14-16(10-12)27(24,25)15-6-4-3-5-13(15)18(14)22/h2-8,10H,1,9,11H2,(H,20,21). The first-order valence-electron chi connectivity index (χ1n) is 7.94. The minimum absolute atomic E-state index is 0.00558. The zero-order chi connectivity index (χ0) is 19.6. The minimum Gasteiger partial charge on any atom is -0.452 e. The van der Waals surface area contributed by atoms with Crippen molar-refractivity contribution in [1.29, 1.82) is 0 Å². The van der Waals surface area contributed by atoms with Crippen LogP contribution in [0, 0.1) is 0 Å². The van der Waals surface area contributed by atoms with Gasteiger partial charge in [0, 0.05) is 17.7 Å². The van der Waals surface area contributed by atoms with Gasteiger partial charge in [0.1, 0.15) is 0 Å². The van der Waals surface area contributed by atoms with E-state index in [1.54, 1.807) is 6.07 Å². The molecule has 1 N–H and O–H groups in total. The van der Waals surface area contributed by atoms with E-state index in [-0.39, 0.29) is 33.0 Å². The molecule has 7 nitrogen and oxygen atoms in total. The number of esters is 1. The lowest BCUT2D eigenvalue weighted by Gasteiger charge is -2.19. The molecule has 2 aromatic rings. The molecule has 138 valence electrons. The van der Waals surface area contributed by atoms with Crippen LogP contribution in [-0.2, 0) is 19.4 Å². The average molecular weight is 385 g/mol. The summed E-state index contributed by atoms with van der Waals surface area (Å²) in [5.74, 6) is -1.81. The molecule has 0 aliphatic carbocycles. The van der Waals surface area contributed by atoms with Gasteiger partial charge in [-0.25, -0.2) is 13.2 Å². The highest BCUT2D eigenvalue weighted by Gasteiger charge is 2.35. The van der Waals surface area contributed by atoms with Gasteiger partial charge in [0.2, 0.25) is 9.84 Å². The highest BCUT2D eigenvalue weighted by Crippen LogP contribution is 2.34. The number of amides is 1. The van der Waals surface area contributed by atoms with Gasteiger partial charge in [-0.1, -0.05) is 18.2 Å². The molecule has 3 rings (SSSR count). The van der Waals surface area contributed by atoms with Gasteiger partial charge in [-0.3, -0.25) is 9.59 Å². The Morgan fingerprint density at radius 3 is 2.52 bits per heavy atom. The fourth-order valence-electron chi connectivity index (χ4n) is 2.66. The zero-order valence-electron chi connectivity index (χ0n) is 14.1. The summed E-state index contributed by atoms with van der Waals surface area (Å²) in [6.45, 7) is 3.16. The number of nitrogens with one attached hydrogen (secondary N) is 1. The molecule has 1 heterocycles.